The van der Waals surface area contributed by atoms with Crippen LogP contribution in [-0.2, 0) is 6.54 Å². The molecule has 4 aromatic rings. The summed E-state index contributed by atoms with van der Waals surface area (Å²) in [6.45, 7) is 0.208. The van der Waals surface area contributed by atoms with Gasteiger partial charge in [0.1, 0.15) is 11.5 Å². The molecule has 1 amide bonds. The Labute approximate surface area is 188 Å². The van der Waals surface area contributed by atoms with Crippen molar-refractivity contribution in [1.29, 1.82) is 0 Å². The van der Waals surface area contributed by atoms with Gasteiger partial charge in [0, 0.05) is 11.6 Å². The van der Waals surface area contributed by atoms with Crippen LogP contribution >= 0.6 is 11.3 Å². The lowest BCUT2D eigenvalue weighted by atomic mass is 10.1. The number of furan rings is 1. The number of rotatable bonds is 8. The fraction of sp³-hybridized carbons (Fsp3) is 0.217. The van der Waals surface area contributed by atoms with Crippen LogP contribution in [0.25, 0.3) is 10.2 Å². The van der Waals surface area contributed by atoms with E-state index in [1.54, 1.807) is 36.5 Å². The molecule has 0 spiro atoms. The normalized spacial score (nSPS) is 10.8. The lowest BCUT2D eigenvalue weighted by molar-refractivity contribution is 0.0982. The molecule has 4 rings (SSSR count). The zero-order chi connectivity index (χ0) is 22.7. The van der Waals surface area contributed by atoms with Crippen LogP contribution in [0.4, 0.5) is 5.13 Å². The summed E-state index contributed by atoms with van der Waals surface area (Å²) in [6.07, 6.45) is 1.57. The number of anilines is 1. The SMILES string of the molecule is COc1ccc2sc(N(Cc3ccco3)C(=O)c3cc(OC)c(OC)c(OC)c3)nc2c1. The Kier molecular flexibility index (Phi) is 6.18. The Balaban J connectivity index is 1.79. The Hall–Kier alpha value is -3.72. The van der Waals surface area contributed by atoms with Gasteiger partial charge in [-0.3, -0.25) is 9.69 Å². The number of ether oxygens (including phenoxy) is 4. The van der Waals surface area contributed by atoms with Crippen LogP contribution in [0.3, 0.4) is 0 Å². The van der Waals surface area contributed by atoms with E-state index in [9.17, 15) is 4.79 Å². The fourth-order valence-corrected chi connectivity index (χ4v) is 4.23. The predicted molar refractivity (Wildman–Crippen MR) is 121 cm³/mol. The molecule has 2 aromatic heterocycles. The third kappa shape index (κ3) is 4.06. The molecular formula is C23H22N2O6S. The quantitative estimate of drug-likeness (QED) is 0.379. The first-order valence-electron chi connectivity index (χ1n) is 9.66. The zero-order valence-corrected chi connectivity index (χ0v) is 18.9. The van der Waals surface area contributed by atoms with Crippen molar-refractivity contribution in [2.45, 2.75) is 6.54 Å². The number of aromatic nitrogens is 1. The molecule has 0 aliphatic rings. The third-order valence-corrected chi connectivity index (χ3v) is 5.92. The Morgan fingerprint density at radius 3 is 2.34 bits per heavy atom. The Bertz CT molecular complexity index is 1210. The molecule has 0 unspecified atom stereocenters. The summed E-state index contributed by atoms with van der Waals surface area (Å²) < 4.78 is 27.9. The van der Waals surface area contributed by atoms with Crippen molar-refractivity contribution in [2.24, 2.45) is 0 Å². The largest absolute Gasteiger partial charge is 0.497 e. The highest BCUT2D eigenvalue weighted by atomic mass is 32.1. The van der Waals surface area contributed by atoms with Crippen LogP contribution in [0, 0.1) is 0 Å². The lowest BCUT2D eigenvalue weighted by Crippen LogP contribution is -2.30. The summed E-state index contributed by atoms with van der Waals surface area (Å²) in [4.78, 5) is 19.9. The minimum Gasteiger partial charge on any atom is -0.497 e. The van der Waals surface area contributed by atoms with Gasteiger partial charge in [-0.2, -0.15) is 0 Å². The van der Waals surface area contributed by atoms with E-state index in [4.69, 9.17) is 23.4 Å². The highest BCUT2D eigenvalue weighted by Gasteiger charge is 2.25. The average Bonchev–Trinajstić information content (AvgIpc) is 3.49. The Morgan fingerprint density at radius 2 is 1.75 bits per heavy atom. The lowest BCUT2D eigenvalue weighted by Gasteiger charge is -2.20. The number of fused-ring (bicyclic) bond motifs is 1. The second-order valence-electron chi connectivity index (χ2n) is 6.71. The molecule has 9 heteroatoms. The smallest absolute Gasteiger partial charge is 0.260 e. The highest BCUT2D eigenvalue weighted by molar-refractivity contribution is 7.22. The Morgan fingerprint density at radius 1 is 1.00 bits per heavy atom. The molecule has 0 atom stereocenters. The first kappa shape index (κ1) is 21.5. The molecule has 0 saturated heterocycles. The molecule has 0 aliphatic carbocycles. The van der Waals surface area contributed by atoms with E-state index in [0.717, 1.165) is 10.2 Å². The van der Waals surface area contributed by atoms with Gasteiger partial charge in [-0.15, -0.1) is 0 Å². The molecule has 2 heterocycles. The number of hydrogen-bond donors (Lipinski definition) is 0. The van der Waals surface area contributed by atoms with Gasteiger partial charge in [0.15, 0.2) is 16.6 Å². The van der Waals surface area contributed by atoms with Crippen molar-refractivity contribution < 1.29 is 28.2 Å². The van der Waals surface area contributed by atoms with Crippen LogP contribution in [-0.4, -0.2) is 39.3 Å². The monoisotopic (exact) mass is 454 g/mol. The van der Waals surface area contributed by atoms with Gasteiger partial charge >= 0.3 is 0 Å². The molecule has 0 aliphatic heterocycles. The maximum Gasteiger partial charge on any atom is 0.260 e. The van der Waals surface area contributed by atoms with Gasteiger partial charge in [-0.05, 0) is 36.4 Å². The highest BCUT2D eigenvalue weighted by Crippen LogP contribution is 2.39. The molecule has 0 radical (unpaired) electrons. The number of benzene rings is 2. The predicted octanol–water partition coefficient (Wildman–Crippen LogP) is 4.77. The maximum absolute atomic E-state index is 13.7. The van der Waals surface area contributed by atoms with Gasteiger partial charge in [0.2, 0.25) is 5.75 Å². The first-order valence-corrected chi connectivity index (χ1v) is 10.5. The second kappa shape index (κ2) is 9.19. The molecule has 8 nitrogen and oxygen atoms in total. The van der Waals surface area contributed by atoms with Crippen molar-refractivity contribution in [3.63, 3.8) is 0 Å². The van der Waals surface area contributed by atoms with Gasteiger partial charge < -0.3 is 23.4 Å². The molecule has 2 aromatic carbocycles. The van der Waals surface area contributed by atoms with Crippen molar-refractivity contribution in [2.75, 3.05) is 33.3 Å². The van der Waals surface area contributed by atoms with E-state index in [-0.39, 0.29) is 12.5 Å². The average molecular weight is 455 g/mol. The summed E-state index contributed by atoms with van der Waals surface area (Å²) >= 11 is 1.41. The third-order valence-electron chi connectivity index (χ3n) is 4.87. The number of carbonyl (C=O) groups is 1. The van der Waals surface area contributed by atoms with E-state index >= 15 is 0 Å². The molecule has 0 fully saturated rings. The van der Waals surface area contributed by atoms with Gasteiger partial charge in [-0.25, -0.2) is 4.98 Å². The molecule has 0 N–H and O–H groups in total. The van der Waals surface area contributed by atoms with Crippen LogP contribution in [0.1, 0.15) is 16.1 Å². The van der Waals surface area contributed by atoms with E-state index in [1.807, 2.05) is 24.3 Å². The van der Waals surface area contributed by atoms with Crippen molar-refractivity contribution in [3.8, 4) is 23.0 Å². The molecule has 32 heavy (non-hydrogen) atoms. The summed E-state index contributed by atoms with van der Waals surface area (Å²) in [5.74, 6) is 2.23. The van der Waals surface area contributed by atoms with E-state index in [1.165, 1.54) is 32.7 Å². The molecule has 0 saturated carbocycles. The number of amides is 1. The topological polar surface area (TPSA) is 83.3 Å². The number of thiazole rings is 1. The first-order chi connectivity index (χ1) is 15.6. The van der Waals surface area contributed by atoms with Gasteiger partial charge in [0.05, 0.1) is 51.5 Å². The number of nitrogens with zero attached hydrogens (tertiary/aromatic N) is 2. The maximum atomic E-state index is 13.7. The summed E-state index contributed by atoms with van der Waals surface area (Å²) in [7, 11) is 6.13. The van der Waals surface area contributed by atoms with Crippen molar-refractivity contribution in [3.05, 3.63) is 60.1 Å². The number of carbonyl (C=O) groups excluding carboxylic acids is 1. The standard InChI is InChI=1S/C23H22N2O6S/c1-27-15-7-8-20-17(12-15)24-23(32-20)25(13-16-6-5-9-31-16)22(26)14-10-18(28-2)21(30-4)19(11-14)29-3/h5-12H,13H2,1-4H3. The van der Waals surface area contributed by atoms with Crippen LogP contribution in [0.5, 0.6) is 23.0 Å². The van der Waals surface area contributed by atoms with Crippen LogP contribution in [0.2, 0.25) is 0 Å². The van der Waals surface area contributed by atoms with Gasteiger partial charge in [0.25, 0.3) is 5.91 Å². The van der Waals surface area contributed by atoms with Crippen LogP contribution < -0.4 is 23.8 Å². The minimum absolute atomic E-state index is 0.208. The van der Waals surface area contributed by atoms with E-state index < -0.39 is 0 Å². The summed E-state index contributed by atoms with van der Waals surface area (Å²) in [6, 6.07) is 12.5. The van der Waals surface area contributed by atoms with Crippen molar-refractivity contribution >= 4 is 32.6 Å². The summed E-state index contributed by atoms with van der Waals surface area (Å²) in [5.41, 5.74) is 1.11. The van der Waals surface area contributed by atoms with Crippen LogP contribution in [0.15, 0.2) is 53.1 Å². The number of methoxy groups -OCH3 is 4. The molecule has 0 bridgehead atoms. The zero-order valence-electron chi connectivity index (χ0n) is 18.1. The molecule has 166 valence electrons. The van der Waals surface area contributed by atoms with Gasteiger partial charge in [-0.1, -0.05) is 11.3 Å². The molecular weight excluding hydrogens is 432 g/mol. The van der Waals surface area contributed by atoms with E-state index in [2.05, 4.69) is 4.98 Å². The second-order valence-corrected chi connectivity index (χ2v) is 7.72. The van der Waals surface area contributed by atoms with E-state index in [0.29, 0.717) is 39.5 Å². The summed E-state index contributed by atoms with van der Waals surface area (Å²) in [5, 5.41) is 0.531. The number of hydrogen-bond acceptors (Lipinski definition) is 8. The fourth-order valence-electron chi connectivity index (χ4n) is 3.28. The minimum atomic E-state index is -0.285. The van der Waals surface area contributed by atoms with Crippen molar-refractivity contribution in [1.82, 2.24) is 4.98 Å².